The van der Waals surface area contributed by atoms with Crippen molar-refractivity contribution in [3.63, 3.8) is 0 Å². The van der Waals surface area contributed by atoms with Gasteiger partial charge in [0.15, 0.2) is 5.78 Å². The zero-order valence-electron chi connectivity index (χ0n) is 6.59. The molecule has 0 aromatic carbocycles. The fourth-order valence-corrected chi connectivity index (χ4v) is 0.979. The van der Waals surface area contributed by atoms with E-state index >= 15 is 0 Å². The van der Waals surface area contributed by atoms with Crippen LogP contribution in [0.4, 0.5) is 0 Å². The maximum absolute atomic E-state index is 11.2. The van der Waals surface area contributed by atoms with Crippen molar-refractivity contribution in [2.24, 2.45) is 5.92 Å². The lowest BCUT2D eigenvalue weighted by atomic mass is 9.95. The molecular formula is C8H14O2. The van der Waals surface area contributed by atoms with Gasteiger partial charge < -0.3 is 4.74 Å². The zero-order chi connectivity index (χ0) is 7.56. The van der Waals surface area contributed by atoms with Gasteiger partial charge in [-0.3, -0.25) is 4.79 Å². The number of hydrogen-bond acceptors (Lipinski definition) is 2. The van der Waals surface area contributed by atoms with Gasteiger partial charge >= 0.3 is 0 Å². The molecule has 1 saturated heterocycles. The van der Waals surface area contributed by atoms with Crippen molar-refractivity contribution in [1.82, 2.24) is 0 Å². The number of hydrogen-bond donors (Lipinski definition) is 0. The average Bonchev–Trinajstić information content (AvgIpc) is 1.82. The number of ketones is 1. The van der Waals surface area contributed by atoms with Crippen LogP contribution < -0.4 is 0 Å². The van der Waals surface area contributed by atoms with Crippen LogP contribution in [-0.2, 0) is 9.53 Å². The quantitative estimate of drug-likeness (QED) is 0.595. The Labute approximate surface area is 61.6 Å². The lowest BCUT2D eigenvalue weighted by molar-refractivity contribution is -0.146. The Balaban J connectivity index is 2.32. The first-order valence-corrected chi connectivity index (χ1v) is 3.91. The van der Waals surface area contributed by atoms with E-state index in [0.717, 1.165) is 19.4 Å². The van der Waals surface area contributed by atoms with Crippen molar-refractivity contribution < 1.29 is 9.53 Å². The molecule has 1 aliphatic heterocycles. The van der Waals surface area contributed by atoms with Crippen LogP contribution in [0.15, 0.2) is 0 Å². The van der Waals surface area contributed by atoms with Gasteiger partial charge in [-0.2, -0.15) is 0 Å². The van der Waals surface area contributed by atoms with Gasteiger partial charge in [-0.15, -0.1) is 0 Å². The predicted octanol–water partition coefficient (Wildman–Crippen LogP) is 1.39. The monoisotopic (exact) mass is 142 g/mol. The van der Waals surface area contributed by atoms with Crippen molar-refractivity contribution in [3.05, 3.63) is 0 Å². The molecule has 2 nitrogen and oxygen atoms in total. The van der Waals surface area contributed by atoms with Crippen molar-refractivity contribution in [3.8, 4) is 0 Å². The summed E-state index contributed by atoms with van der Waals surface area (Å²) in [5.41, 5.74) is 0. The van der Waals surface area contributed by atoms with E-state index in [1.807, 2.05) is 13.8 Å². The third kappa shape index (κ3) is 1.37. The van der Waals surface area contributed by atoms with Gasteiger partial charge in [0.05, 0.1) is 6.61 Å². The Morgan fingerprint density at radius 3 is 2.70 bits per heavy atom. The van der Waals surface area contributed by atoms with Gasteiger partial charge in [0, 0.05) is 12.3 Å². The minimum Gasteiger partial charge on any atom is -0.370 e. The molecule has 1 rings (SSSR count). The molecule has 0 aliphatic carbocycles. The molecule has 0 spiro atoms. The van der Waals surface area contributed by atoms with Gasteiger partial charge in [0.25, 0.3) is 0 Å². The smallest absolute Gasteiger partial charge is 0.164 e. The van der Waals surface area contributed by atoms with Crippen LogP contribution in [-0.4, -0.2) is 18.5 Å². The van der Waals surface area contributed by atoms with E-state index in [0.29, 0.717) is 0 Å². The second kappa shape index (κ2) is 3.15. The van der Waals surface area contributed by atoms with Gasteiger partial charge in [0.2, 0.25) is 0 Å². The summed E-state index contributed by atoms with van der Waals surface area (Å²) in [4.78, 5) is 11.2. The molecule has 2 unspecified atom stereocenters. The summed E-state index contributed by atoms with van der Waals surface area (Å²) in [7, 11) is 0. The van der Waals surface area contributed by atoms with E-state index in [9.17, 15) is 4.79 Å². The van der Waals surface area contributed by atoms with Crippen LogP contribution >= 0.6 is 0 Å². The number of carbonyl (C=O) groups excluding carboxylic acids is 1. The molecular weight excluding hydrogens is 128 g/mol. The minimum absolute atomic E-state index is 0.0602. The van der Waals surface area contributed by atoms with Crippen LogP contribution in [0.3, 0.4) is 0 Å². The topological polar surface area (TPSA) is 26.3 Å². The molecule has 58 valence electrons. The molecule has 1 fully saturated rings. The first kappa shape index (κ1) is 7.73. The van der Waals surface area contributed by atoms with E-state index in [-0.39, 0.29) is 17.8 Å². The van der Waals surface area contributed by atoms with Crippen LogP contribution in [0.1, 0.15) is 26.7 Å². The fraction of sp³-hybridized carbons (Fsp3) is 0.875. The van der Waals surface area contributed by atoms with Gasteiger partial charge in [-0.25, -0.2) is 0 Å². The van der Waals surface area contributed by atoms with Gasteiger partial charge in [-0.05, 0) is 6.42 Å². The third-order valence-electron chi connectivity index (χ3n) is 2.11. The van der Waals surface area contributed by atoms with Gasteiger partial charge in [-0.1, -0.05) is 13.8 Å². The number of ether oxygens (including phenoxy) is 1. The highest BCUT2D eigenvalue weighted by Gasteiger charge is 2.28. The van der Waals surface area contributed by atoms with Crippen LogP contribution in [0.2, 0.25) is 0 Å². The molecule has 2 atom stereocenters. The lowest BCUT2D eigenvalue weighted by Gasteiger charge is -2.26. The molecule has 0 bridgehead atoms. The first-order valence-electron chi connectivity index (χ1n) is 3.91. The van der Waals surface area contributed by atoms with Crippen molar-refractivity contribution in [1.29, 1.82) is 0 Å². The van der Waals surface area contributed by atoms with E-state index in [4.69, 9.17) is 4.74 Å². The summed E-state index contributed by atoms with van der Waals surface area (Å²) in [6, 6.07) is 0. The van der Waals surface area contributed by atoms with Crippen LogP contribution in [0.25, 0.3) is 0 Å². The fourth-order valence-electron chi connectivity index (χ4n) is 0.979. The van der Waals surface area contributed by atoms with Crippen molar-refractivity contribution in [2.45, 2.75) is 32.8 Å². The lowest BCUT2D eigenvalue weighted by Crippen LogP contribution is -2.37. The second-order valence-corrected chi connectivity index (χ2v) is 2.86. The number of rotatable bonds is 3. The van der Waals surface area contributed by atoms with Crippen molar-refractivity contribution in [2.75, 3.05) is 6.61 Å². The van der Waals surface area contributed by atoms with Crippen LogP contribution in [0.5, 0.6) is 0 Å². The summed E-state index contributed by atoms with van der Waals surface area (Å²) < 4.78 is 5.07. The molecule has 0 radical (unpaired) electrons. The first-order chi connectivity index (χ1) is 4.75. The average molecular weight is 142 g/mol. The molecule has 0 N–H and O–H groups in total. The Hall–Kier alpha value is -0.370. The highest BCUT2D eigenvalue weighted by atomic mass is 16.5. The van der Waals surface area contributed by atoms with E-state index in [1.165, 1.54) is 0 Å². The SMILES string of the molecule is CCC(C)C(=O)C1CCO1. The van der Waals surface area contributed by atoms with E-state index in [2.05, 4.69) is 0 Å². The van der Waals surface area contributed by atoms with E-state index < -0.39 is 0 Å². The number of Topliss-reactive ketones (excluding diaryl/α,β-unsaturated/α-hetero) is 1. The molecule has 0 saturated carbocycles. The minimum atomic E-state index is -0.0602. The molecule has 0 aromatic heterocycles. The zero-order valence-corrected chi connectivity index (χ0v) is 6.59. The Kier molecular flexibility index (Phi) is 2.44. The maximum Gasteiger partial charge on any atom is 0.164 e. The number of carbonyl (C=O) groups is 1. The Morgan fingerprint density at radius 1 is 1.80 bits per heavy atom. The van der Waals surface area contributed by atoms with Crippen molar-refractivity contribution >= 4 is 5.78 Å². The second-order valence-electron chi connectivity index (χ2n) is 2.86. The molecule has 2 heteroatoms. The molecule has 1 heterocycles. The van der Waals surface area contributed by atoms with Crippen LogP contribution in [0, 0.1) is 5.92 Å². The summed E-state index contributed by atoms with van der Waals surface area (Å²) in [6.45, 7) is 4.76. The Morgan fingerprint density at radius 2 is 2.40 bits per heavy atom. The highest BCUT2D eigenvalue weighted by Crippen LogP contribution is 2.17. The Bertz CT molecular complexity index is 120. The summed E-state index contributed by atoms with van der Waals surface area (Å²) in [5.74, 6) is 0.471. The summed E-state index contributed by atoms with van der Waals surface area (Å²) >= 11 is 0. The largest absolute Gasteiger partial charge is 0.370 e. The van der Waals surface area contributed by atoms with E-state index in [1.54, 1.807) is 0 Å². The van der Waals surface area contributed by atoms with Gasteiger partial charge in [0.1, 0.15) is 6.10 Å². The molecule has 0 aromatic rings. The normalized spacial score (nSPS) is 27.2. The highest BCUT2D eigenvalue weighted by molar-refractivity contribution is 5.85. The summed E-state index contributed by atoms with van der Waals surface area (Å²) in [5, 5.41) is 0. The third-order valence-corrected chi connectivity index (χ3v) is 2.11. The maximum atomic E-state index is 11.2. The summed E-state index contributed by atoms with van der Waals surface area (Å²) in [6.07, 6.45) is 1.80. The molecule has 0 amide bonds. The molecule has 10 heavy (non-hydrogen) atoms. The predicted molar refractivity (Wildman–Crippen MR) is 38.8 cm³/mol. The molecule has 1 aliphatic rings. The standard InChI is InChI=1S/C8H14O2/c1-3-6(2)8(9)7-4-5-10-7/h6-7H,3-5H2,1-2H3.